The second-order valence-corrected chi connectivity index (χ2v) is 7.46. The molecule has 2 rings (SSSR count). The summed E-state index contributed by atoms with van der Waals surface area (Å²) in [7, 11) is 0. The largest absolute Gasteiger partial charge is 0.481 e. The van der Waals surface area contributed by atoms with Crippen LogP contribution in [-0.2, 0) is 16.0 Å². The van der Waals surface area contributed by atoms with Crippen LogP contribution in [0.1, 0.15) is 29.9 Å². The third-order valence-corrected chi connectivity index (χ3v) is 5.08. The third-order valence-electron chi connectivity index (χ3n) is 4.01. The number of hydrogen-bond donors (Lipinski definition) is 2. The molecular weight excluding hydrogens is 454 g/mol. The van der Waals surface area contributed by atoms with E-state index in [2.05, 4.69) is 5.32 Å². The van der Waals surface area contributed by atoms with Crippen LogP contribution in [0.3, 0.4) is 0 Å². The van der Waals surface area contributed by atoms with Gasteiger partial charge in [-0.15, -0.1) is 0 Å². The topological polar surface area (TPSA) is 66.4 Å². The minimum Gasteiger partial charge on any atom is -0.481 e. The van der Waals surface area contributed by atoms with Crippen LogP contribution in [0.25, 0.3) is 0 Å². The van der Waals surface area contributed by atoms with Gasteiger partial charge in [0.1, 0.15) is 0 Å². The van der Waals surface area contributed by atoms with Crippen molar-refractivity contribution in [2.45, 2.75) is 31.4 Å². The number of amides is 1. The van der Waals surface area contributed by atoms with Gasteiger partial charge in [-0.1, -0.05) is 46.9 Å². The summed E-state index contributed by atoms with van der Waals surface area (Å²) in [6.07, 6.45) is -5.99. The van der Waals surface area contributed by atoms with Gasteiger partial charge >= 0.3 is 12.1 Å². The minimum atomic E-state index is -4.61. The molecule has 0 aliphatic carbocycles. The van der Waals surface area contributed by atoms with E-state index in [1.807, 2.05) is 0 Å². The highest BCUT2D eigenvalue weighted by Gasteiger charge is 2.36. The lowest BCUT2D eigenvalue weighted by Crippen LogP contribution is -2.26. The standard InChI is InChI=1S/C19H15Cl3F3NO3/c20-13-5-3-11(8-15(13)22)12(9-19(23,24)25)18(29)26-16-7-10(1-4-14(16)21)2-6-17(27)28/h1,3-5,7-8,12H,2,6,9H2,(H,26,29)(H,27,28)/t12-/m0/s1. The molecule has 0 spiro atoms. The molecule has 156 valence electrons. The molecule has 0 fully saturated rings. The molecule has 1 atom stereocenters. The molecule has 10 heteroatoms. The van der Waals surface area contributed by atoms with Crippen LogP contribution in [0.4, 0.5) is 18.9 Å². The predicted molar refractivity (Wildman–Crippen MR) is 106 cm³/mol. The maximum atomic E-state index is 13.1. The van der Waals surface area contributed by atoms with Gasteiger partial charge in [0.2, 0.25) is 5.91 Å². The molecule has 0 radical (unpaired) electrons. The van der Waals surface area contributed by atoms with Gasteiger partial charge in [-0.05, 0) is 41.8 Å². The van der Waals surface area contributed by atoms with Gasteiger partial charge < -0.3 is 10.4 Å². The fourth-order valence-corrected chi connectivity index (χ4v) is 3.09. The van der Waals surface area contributed by atoms with E-state index in [9.17, 15) is 22.8 Å². The first kappa shape index (κ1) is 23.3. The Bertz CT molecular complexity index is 919. The number of carbonyl (C=O) groups excluding carboxylic acids is 1. The Balaban J connectivity index is 2.30. The van der Waals surface area contributed by atoms with Gasteiger partial charge in [-0.2, -0.15) is 13.2 Å². The fraction of sp³-hybridized carbons (Fsp3) is 0.263. The lowest BCUT2D eigenvalue weighted by molar-refractivity contribution is -0.146. The number of carbonyl (C=O) groups is 2. The van der Waals surface area contributed by atoms with Gasteiger partial charge in [0, 0.05) is 6.42 Å². The van der Waals surface area contributed by atoms with E-state index < -0.39 is 30.4 Å². The van der Waals surface area contributed by atoms with Crippen LogP contribution in [0, 0.1) is 0 Å². The molecule has 0 saturated carbocycles. The molecule has 0 bridgehead atoms. The van der Waals surface area contributed by atoms with E-state index in [4.69, 9.17) is 39.9 Å². The summed E-state index contributed by atoms with van der Waals surface area (Å²) in [6.45, 7) is 0. The van der Waals surface area contributed by atoms with E-state index in [0.717, 1.165) is 0 Å². The molecule has 0 unspecified atom stereocenters. The molecule has 2 aromatic carbocycles. The van der Waals surface area contributed by atoms with Crippen LogP contribution in [-0.4, -0.2) is 23.2 Å². The van der Waals surface area contributed by atoms with Crippen molar-refractivity contribution in [3.05, 3.63) is 62.6 Å². The normalized spacial score (nSPS) is 12.5. The number of benzene rings is 2. The monoisotopic (exact) mass is 467 g/mol. The van der Waals surface area contributed by atoms with Gasteiger partial charge in [-0.3, -0.25) is 9.59 Å². The lowest BCUT2D eigenvalue weighted by Gasteiger charge is -2.20. The molecule has 4 nitrogen and oxygen atoms in total. The van der Waals surface area contributed by atoms with Crippen molar-refractivity contribution in [1.29, 1.82) is 0 Å². The van der Waals surface area contributed by atoms with Gasteiger partial charge in [0.25, 0.3) is 0 Å². The zero-order chi connectivity index (χ0) is 21.8. The van der Waals surface area contributed by atoms with Gasteiger partial charge in [-0.25, -0.2) is 0 Å². The van der Waals surface area contributed by atoms with Crippen molar-refractivity contribution in [2.75, 3.05) is 5.32 Å². The average molecular weight is 469 g/mol. The molecule has 0 saturated heterocycles. The quantitative estimate of drug-likeness (QED) is 0.498. The van der Waals surface area contributed by atoms with Crippen molar-refractivity contribution >= 4 is 52.4 Å². The number of carboxylic acid groups (broad SMARTS) is 1. The zero-order valence-corrected chi connectivity index (χ0v) is 17.0. The fourth-order valence-electron chi connectivity index (χ4n) is 2.62. The third kappa shape index (κ3) is 7.10. The summed E-state index contributed by atoms with van der Waals surface area (Å²) >= 11 is 17.7. The molecule has 0 aromatic heterocycles. The van der Waals surface area contributed by atoms with Crippen molar-refractivity contribution in [3.8, 4) is 0 Å². The Hall–Kier alpha value is -1.96. The first-order chi connectivity index (χ1) is 13.5. The van der Waals surface area contributed by atoms with Crippen molar-refractivity contribution in [2.24, 2.45) is 0 Å². The molecular formula is C19H15Cl3F3NO3. The minimum absolute atomic E-state index is 0.0258. The first-order valence-electron chi connectivity index (χ1n) is 8.29. The maximum Gasteiger partial charge on any atom is 0.390 e. The number of hydrogen-bond acceptors (Lipinski definition) is 2. The molecule has 2 N–H and O–H groups in total. The molecule has 29 heavy (non-hydrogen) atoms. The highest BCUT2D eigenvalue weighted by molar-refractivity contribution is 6.42. The molecule has 0 heterocycles. The Labute approximate surface area is 179 Å². The average Bonchev–Trinajstić information content (AvgIpc) is 2.62. The van der Waals surface area contributed by atoms with E-state index in [1.165, 1.54) is 30.3 Å². The Kier molecular flexibility index (Phi) is 7.80. The van der Waals surface area contributed by atoms with Crippen LogP contribution >= 0.6 is 34.8 Å². The number of carboxylic acids is 1. The predicted octanol–water partition coefficient (Wildman–Crippen LogP) is 6.34. The van der Waals surface area contributed by atoms with Crippen molar-refractivity contribution in [1.82, 2.24) is 0 Å². The van der Waals surface area contributed by atoms with Crippen molar-refractivity contribution in [3.63, 3.8) is 0 Å². The molecule has 2 aromatic rings. The number of rotatable bonds is 7. The summed E-state index contributed by atoms with van der Waals surface area (Å²) in [5, 5.41) is 11.5. The maximum absolute atomic E-state index is 13.1. The molecule has 0 aliphatic rings. The number of nitrogens with one attached hydrogen (secondary N) is 1. The summed E-state index contributed by atoms with van der Waals surface area (Å²) in [6, 6.07) is 8.28. The molecule has 0 aliphatic heterocycles. The van der Waals surface area contributed by atoms with Crippen LogP contribution in [0.15, 0.2) is 36.4 Å². The second-order valence-electron chi connectivity index (χ2n) is 6.24. The smallest absolute Gasteiger partial charge is 0.390 e. The Morgan fingerprint density at radius 1 is 1.00 bits per heavy atom. The number of alkyl halides is 3. The highest BCUT2D eigenvalue weighted by Crippen LogP contribution is 2.35. The van der Waals surface area contributed by atoms with Crippen LogP contribution in [0.2, 0.25) is 15.1 Å². The lowest BCUT2D eigenvalue weighted by atomic mass is 9.94. The van der Waals surface area contributed by atoms with Crippen LogP contribution < -0.4 is 5.32 Å². The molecule has 1 amide bonds. The van der Waals surface area contributed by atoms with Gasteiger partial charge in [0.05, 0.1) is 33.1 Å². The number of anilines is 1. The highest BCUT2D eigenvalue weighted by atomic mass is 35.5. The summed E-state index contributed by atoms with van der Waals surface area (Å²) in [5.41, 5.74) is 0.702. The van der Waals surface area contributed by atoms with E-state index >= 15 is 0 Å². The van der Waals surface area contributed by atoms with E-state index in [0.29, 0.717) is 5.56 Å². The SMILES string of the molecule is O=C(O)CCc1ccc(Cl)c(NC(=O)[C@@H](CC(F)(F)F)c2ccc(Cl)c(Cl)c2)c1. The summed E-state index contributed by atoms with van der Waals surface area (Å²) in [4.78, 5) is 23.4. The summed E-state index contributed by atoms with van der Waals surface area (Å²) in [5.74, 6) is -3.52. The van der Waals surface area contributed by atoms with Gasteiger partial charge in [0.15, 0.2) is 0 Å². The Morgan fingerprint density at radius 2 is 1.66 bits per heavy atom. The zero-order valence-electron chi connectivity index (χ0n) is 14.7. The number of aliphatic carboxylic acids is 1. The van der Waals surface area contributed by atoms with Crippen LogP contribution in [0.5, 0.6) is 0 Å². The van der Waals surface area contributed by atoms with Crippen molar-refractivity contribution < 1.29 is 27.9 Å². The first-order valence-corrected chi connectivity index (χ1v) is 9.42. The van der Waals surface area contributed by atoms with E-state index in [1.54, 1.807) is 6.07 Å². The Morgan fingerprint density at radius 3 is 2.24 bits per heavy atom. The van der Waals surface area contributed by atoms with E-state index in [-0.39, 0.29) is 39.2 Å². The summed E-state index contributed by atoms with van der Waals surface area (Å²) < 4.78 is 39.2. The number of aryl methyl sites for hydroxylation is 1. The second kappa shape index (κ2) is 9.69. The number of halogens is 6.